The number of aliphatic carboxylic acids is 1. The first-order valence-corrected chi connectivity index (χ1v) is 9.30. The Kier molecular flexibility index (Phi) is 4.77. The van der Waals surface area contributed by atoms with Gasteiger partial charge in [-0.05, 0) is 31.9 Å². The highest BCUT2D eigenvalue weighted by molar-refractivity contribution is 7.17. The Morgan fingerprint density at radius 3 is 2.65 bits per heavy atom. The quantitative estimate of drug-likeness (QED) is 0.873. The minimum atomic E-state index is -0.876. The van der Waals surface area contributed by atoms with Crippen molar-refractivity contribution in [2.75, 3.05) is 5.32 Å². The van der Waals surface area contributed by atoms with Gasteiger partial charge in [-0.3, -0.25) is 9.59 Å². The van der Waals surface area contributed by atoms with Crippen LogP contribution in [-0.4, -0.2) is 22.0 Å². The molecule has 7 heteroatoms. The minimum Gasteiger partial charge on any atom is -0.481 e. The van der Waals surface area contributed by atoms with Crippen molar-refractivity contribution in [1.29, 1.82) is 0 Å². The molecule has 1 fully saturated rings. The smallest absolute Gasteiger partial charge is 0.307 e. The molecule has 1 aliphatic rings. The van der Waals surface area contributed by atoms with Crippen molar-refractivity contribution < 1.29 is 14.7 Å². The summed E-state index contributed by atoms with van der Waals surface area (Å²) >= 11 is 3.03. The number of hydrogen-bond donors (Lipinski definition) is 2. The Labute approximate surface area is 142 Å². The summed E-state index contributed by atoms with van der Waals surface area (Å²) in [6.45, 7) is 2.04. The van der Waals surface area contributed by atoms with Crippen molar-refractivity contribution in [2.24, 2.45) is 11.8 Å². The standard InChI is InChI=1S/C16H18N2O3S2/c1-9-6-7-13(23-9)12-8-22-16(17-12)18-14(19)10-4-2-3-5-11(10)15(20)21/h6-8,10-11H,2-5H2,1H3,(H,20,21)(H,17,18,19). The van der Waals surface area contributed by atoms with E-state index in [9.17, 15) is 14.7 Å². The number of carbonyl (C=O) groups excluding carboxylic acids is 1. The first kappa shape index (κ1) is 16.1. The van der Waals surface area contributed by atoms with Gasteiger partial charge in [0, 0.05) is 10.3 Å². The molecule has 3 rings (SSSR count). The maximum Gasteiger partial charge on any atom is 0.307 e. The number of rotatable bonds is 4. The van der Waals surface area contributed by atoms with E-state index in [0.29, 0.717) is 18.0 Å². The van der Waals surface area contributed by atoms with Gasteiger partial charge in [-0.25, -0.2) is 4.98 Å². The lowest BCUT2D eigenvalue weighted by molar-refractivity contribution is -0.147. The number of carboxylic acids is 1. The van der Waals surface area contributed by atoms with Gasteiger partial charge in [-0.2, -0.15) is 0 Å². The molecular weight excluding hydrogens is 332 g/mol. The average Bonchev–Trinajstić information content (AvgIpc) is 3.16. The summed E-state index contributed by atoms with van der Waals surface area (Å²) in [5.41, 5.74) is 0.849. The predicted octanol–water partition coefficient (Wildman–Crippen LogP) is 4.01. The summed E-state index contributed by atoms with van der Waals surface area (Å²) in [6, 6.07) is 4.05. The lowest BCUT2D eigenvalue weighted by Gasteiger charge is -2.26. The molecule has 0 aliphatic heterocycles. The lowest BCUT2D eigenvalue weighted by atomic mass is 9.79. The second-order valence-corrected chi connectivity index (χ2v) is 7.92. The van der Waals surface area contributed by atoms with Gasteiger partial charge in [-0.1, -0.05) is 12.8 Å². The molecule has 0 spiro atoms. The number of amides is 1. The van der Waals surface area contributed by atoms with Crippen LogP contribution in [0.1, 0.15) is 30.6 Å². The molecule has 0 saturated heterocycles. The van der Waals surface area contributed by atoms with E-state index in [-0.39, 0.29) is 5.91 Å². The van der Waals surface area contributed by atoms with Crippen LogP contribution in [0.3, 0.4) is 0 Å². The van der Waals surface area contributed by atoms with E-state index in [1.165, 1.54) is 16.2 Å². The first-order chi connectivity index (χ1) is 11.0. The van der Waals surface area contributed by atoms with Gasteiger partial charge in [0.05, 0.1) is 22.4 Å². The molecule has 1 aliphatic carbocycles. The molecule has 2 aromatic heterocycles. The number of nitrogens with one attached hydrogen (secondary N) is 1. The fourth-order valence-electron chi connectivity index (χ4n) is 2.95. The highest BCUT2D eigenvalue weighted by Gasteiger charge is 2.35. The van der Waals surface area contributed by atoms with Crippen LogP contribution in [-0.2, 0) is 9.59 Å². The van der Waals surface area contributed by atoms with Crippen LogP contribution in [0.2, 0.25) is 0 Å². The predicted molar refractivity (Wildman–Crippen MR) is 91.9 cm³/mol. The lowest BCUT2D eigenvalue weighted by Crippen LogP contribution is -2.36. The van der Waals surface area contributed by atoms with Crippen molar-refractivity contribution in [2.45, 2.75) is 32.6 Å². The third-order valence-corrected chi connectivity index (χ3v) is 5.93. The molecular formula is C16H18N2O3S2. The van der Waals surface area contributed by atoms with Crippen LogP contribution in [0.15, 0.2) is 17.5 Å². The summed E-state index contributed by atoms with van der Waals surface area (Å²) in [5, 5.41) is 14.5. The van der Waals surface area contributed by atoms with Crippen molar-refractivity contribution in [3.8, 4) is 10.6 Å². The zero-order valence-corrected chi connectivity index (χ0v) is 14.4. The summed E-state index contributed by atoms with van der Waals surface area (Å²) < 4.78 is 0. The Morgan fingerprint density at radius 1 is 1.26 bits per heavy atom. The third-order valence-electron chi connectivity index (χ3n) is 4.15. The van der Waals surface area contributed by atoms with Crippen LogP contribution in [0.25, 0.3) is 10.6 Å². The maximum atomic E-state index is 12.4. The number of carbonyl (C=O) groups is 2. The monoisotopic (exact) mass is 350 g/mol. The number of nitrogens with zero attached hydrogens (tertiary/aromatic N) is 1. The fraction of sp³-hybridized carbons (Fsp3) is 0.438. The van der Waals surface area contributed by atoms with Crippen molar-refractivity contribution in [1.82, 2.24) is 4.98 Å². The van der Waals surface area contributed by atoms with Crippen LogP contribution >= 0.6 is 22.7 Å². The minimum absolute atomic E-state index is 0.222. The number of aromatic nitrogens is 1. The van der Waals surface area contributed by atoms with Gasteiger partial charge in [0.2, 0.25) is 5.91 Å². The van der Waals surface area contributed by atoms with E-state index in [2.05, 4.69) is 10.3 Å². The van der Waals surface area contributed by atoms with E-state index in [1.54, 1.807) is 11.3 Å². The molecule has 5 nitrogen and oxygen atoms in total. The van der Waals surface area contributed by atoms with E-state index in [1.807, 2.05) is 24.4 Å². The van der Waals surface area contributed by atoms with Crippen LogP contribution in [0, 0.1) is 18.8 Å². The number of aryl methyl sites for hydroxylation is 1. The largest absolute Gasteiger partial charge is 0.481 e. The van der Waals surface area contributed by atoms with Crippen LogP contribution in [0.5, 0.6) is 0 Å². The number of carboxylic acid groups (broad SMARTS) is 1. The summed E-state index contributed by atoms with van der Waals surface area (Å²) in [6.07, 6.45) is 2.98. The molecule has 2 unspecified atom stereocenters. The Morgan fingerprint density at radius 2 is 2.00 bits per heavy atom. The zero-order chi connectivity index (χ0) is 16.4. The molecule has 2 heterocycles. The Bertz CT molecular complexity index is 722. The summed E-state index contributed by atoms with van der Waals surface area (Å²) in [5.74, 6) is -2.14. The van der Waals surface area contributed by atoms with Gasteiger partial charge < -0.3 is 10.4 Å². The van der Waals surface area contributed by atoms with Gasteiger partial charge in [0.1, 0.15) is 0 Å². The highest BCUT2D eigenvalue weighted by Crippen LogP contribution is 2.33. The maximum absolute atomic E-state index is 12.4. The molecule has 23 heavy (non-hydrogen) atoms. The molecule has 0 radical (unpaired) electrons. The third kappa shape index (κ3) is 3.61. The Hall–Kier alpha value is -1.73. The molecule has 2 atom stereocenters. The molecule has 122 valence electrons. The van der Waals surface area contributed by atoms with Crippen LogP contribution in [0.4, 0.5) is 5.13 Å². The number of anilines is 1. The number of thiophene rings is 1. The van der Waals surface area contributed by atoms with Crippen LogP contribution < -0.4 is 5.32 Å². The first-order valence-electron chi connectivity index (χ1n) is 7.60. The fourth-order valence-corrected chi connectivity index (χ4v) is 4.57. The SMILES string of the molecule is Cc1ccc(-c2csc(NC(=O)C3CCCCC3C(=O)O)n2)s1. The molecule has 1 amide bonds. The van der Waals surface area contributed by atoms with Crippen molar-refractivity contribution in [3.05, 3.63) is 22.4 Å². The van der Waals surface area contributed by atoms with E-state index in [0.717, 1.165) is 23.4 Å². The van der Waals surface area contributed by atoms with E-state index < -0.39 is 17.8 Å². The second-order valence-electron chi connectivity index (χ2n) is 5.77. The molecule has 0 bridgehead atoms. The molecule has 0 aromatic carbocycles. The molecule has 1 saturated carbocycles. The molecule has 2 N–H and O–H groups in total. The van der Waals surface area contributed by atoms with Crippen molar-refractivity contribution in [3.63, 3.8) is 0 Å². The van der Waals surface area contributed by atoms with Gasteiger partial charge in [0.25, 0.3) is 0 Å². The zero-order valence-electron chi connectivity index (χ0n) is 12.7. The van der Waals surface area contributed by atoms with Crippen molar-refractivity contribution >= 4 is 39.7 Å². The highest BCUT2D eigenvalue weighted by atomic mass is 32.1. The number of hydrogen-bond acceptors (Lipinski definition) is 5. The van der Waals surface area contributed by atoms with E-state index >= 15 is 0 Å². The number of thiazole rings is 1. The average molecular weight is 350 g/mol. The van der Waals surface area contributed by atoms with E-state index in [4.69, 9.17) is 0 Å². The second kappa shape index (κ2) is 6.80. The summed E-state index contributed by atoms with van der Waals surface area (Å²) in [7, 11) is 0. The van der Waals surface area contributed by atoms with Gasteiger partial charge in [0.15, 0.2) is 5.13 Å². The normalized spacial score (nSPS) is 21.1. The molecule has 2 aromatic rings. The van der Waals surface area contributed by atoms with Gasteiger partial charge >= 0.3 is 5.97 Å². The Balaban J connectivity index is 1.70. The van der Waals surface area contributed by atoms with Gasteiger partial charge in [-0.15, -0.1) is 22.7 Å². The topological polar surface area (TPSA) is 79.3 Å². The summed E-state index contributed by atoms with van der Waals surface area (Å²) in [4.78, 5) is 30.5.